The summed E-state index contributed by atoms with van der Waals surface area (Å²) in [5.41, 5.74) is 0.830. The Morgan fingerprint density at radius 1 is 1.10 bits per heavy atom. The molecule has 1 saturated carbocycles. The molecule has 1 atom stereocenters. The van der Waals surface area contributed by atoms with Crippen LogP contribution in [-0.2, 0) is 11.4 Å². The largest absolute Gasteiger partial charge is 0.489 e. The van der Waals surface area contributed by atoms with E-state index in [0.29, 0.717) is 18.6 Å². The molecular formula is C22H22F3NO4. The zero-order valence-corrected chi connectivity index (χ0v) is 16.2. The van der Waals surface area contributed by atoms with Gasteiger partial charge in [0.15, 0.2) is 6.61 Å². The Labute approximate surface area is 172 Å². The number of rotatable bonds is 8. The number of ketones is 1. The van der Waals surface area contributed by atoms with Gasteiger partial charge >= 0.3 is 6.18 Å². The molecule has 1 amide bonds. The van der Waals surface area contributed by atoms with E-state index in [9.17, 15) is 22.8 Å². The lowest BCUT2D eigenvalue weighted by Gasteiger charge is -2.16. The summed E-state index contributed by atoms with van der Waals surface area (Å²) in [6.45, 7) is -1.13. The number of Topliss-reactive ketones (excluding diaryl/α,β-unsaturated/α-hetero) is 1. The first-order chi connectivity index (χ1) is 14.3. The molecule has 0 bridgehead atoms. The van der Waals surface area contributed by atoms with Crippen molar-refractivity contribution in [3.05, 3.63) is 59.7 Å². The van der Waals surface area contributed by atoms with Crippen LogP contribution in [0.1, 0.15) is 35.2 Å². The van der Waals surface area contributed by atoms with Gasteiger partial charge in [-0.2, -0.15) is 13.2 Å². The predicted octanol–water partition coefficient (Wildman–Crippen LogP) is 4.31. The maximum Gasteiger partial charge on any atom is 0.422 e. The van der Waals surface area contributed by atoms with Crippen molar-refractivity contribution in [3.8, 4) is 11.5 Å². The summed E-state index contributed by atoms with van der Waals surface area (Å²) >= 11 is 0. The summed E-state index contributed by atoms with van der Waals surface area (Å²) in [5.74, 6) is -0.665. The molecule has 0 aromatic heterocycles. The van der Waals surface area contributed by atoms with Crippen molar-refractivity contribution in [2.75, 3.05) is 13.2 Å². The van der Waals surface area contributed by atoms with Gasteiger partial charge in [0.2, 0.25) is 0 Å². The maximum absolute atomic E-state index is 12.6. The standard InChI is InChI=1S/C22H22F3NO4/c23-22(24,25)14-30-20-10-9-17(29-13-15-5-2-1-3-6-15)11-18(20)21(28)26-12-16-7-4-8-19(16)27/h1-3,5-6,9-11,16H,4,7-8,12-14H2,(H,26,28). The van der Waals surface area contributed by atoms with Gasteiger partial charge in [0.05, 0.1) is 5.56 Å². The van der Waals surface area contributed by atoms with Gasteiger partial charge in [0, 0.05) is 18.9 Å². The van der Waals surface area contributed by atoms with Gasteiger partial charge in [-0.25, -0.2) is 0 Å². The van der Waals surface area contributed by atoms with Crippen LogP contribution in [0.2, 0.25) is 0 Å². The van der Waals surface area contributed by atoms with E-state index in [-0.39, 0.29) is 36.2 Å². The highest BCUT2D eigenvalue weighted by Gasteiger charge is 2.30. The summed E-state index contributed by atoms with van der Waals surface area (Å²) in [5, 5.41) is 2.63. The molecule has 1 aliphatic rings. The molecule has 1 N–H and O–H groups in total. The number of nitrogens with one attached hydrogen (secondary N) is 1. The molecule has 3 rings (SSSR count). The van der Waals surface area contributed by atoms with Gasteiger partial charge < -0.3 is 14.8 Å². The average molecular weight is 421 g/mol. The normalized spacial score (nSPS) is 16.4. The fourth-order valence-corrected chi connectivity index (χ4v) is 3.22. The fourth-order valence-electron chi connectivity index (χ4n) is 3.22. The number of carbonyl (C=O) groups is 2. The summed E-state index contributed by atoms with van der Waals surface area (Å²) < 4.78 is 48.2. The third kappa shape index (κ3) is 6.23. The molecule has 2 aromatic rings. The lowest BCUT2D eigenvalue weighted by atomic mass is 10.1. The number of hydrogen-bond donors (Lipinski definition) is 1. The van der Waals surface area contributed by atoms with Gasteiger partial charge in [-0.3, -0.25) is 9.59 Å². The van der Waals surface area contributed by atoms with Gasteiger partial charge in [-0.1, -0.05) is 30.3 Å². The molecule has 160 valence electrons. The first-order valence-corrected chi connectivity index (χ1v) is 9.63. The van der Waals surface area contributed by atoms with Crippen molar-refractivity contribution in [3.63, 3.8) is 0 Å². The zero-order chi connectivity index (χ0) is 21.6. The van der Waals surface area contributed by atoms with Crippen LogP contribution >= 0.6 is 0 Å². The number of carbonyl (C=O) groups excluding carboxylic acids is 2. The van der Waals surface area contributed by atoms with E-state index >= 15 is 0 Å². The average Bonchev–Trinajstić information content (AvgIpc) is 3.14. The number of halogens is 3. The maximum atomic E-state index is 12.6. The van der Waals surface area contributed by atoms with Crippen molar-refractivity contribution in [2.45, 2.75) is 32.0 Å². The number of ether oxygens (including phenoxy) is 2. The van der Waals surface area contributed by atoms with Crippen molar-refractivity contribution < 1.29 is 32.2 Å². The van der Waals surface area contributed by atoms with Crippen LogP contribution in [0.3, 0.4) is 0 Å². The molecule has 0 spiro atoms. The molecule has 5 nitrogen and oxygen atoms in total. The summed E-state index contributed by atoms with van der Waals surface area (Å²) in [7, 11) is 0. The molecule has 0 radical (unpaired) electrons. The molecule has 1 unspecified atom stereocenters. The van der Waals surface area contributed by atoms with Crippen LogP contribution in [0.4, 0.5) is 13.2 Å². The molecule has 2 aromatic carbocycles. The Kier molecular flexibility index (Phi) is 6.97. The number of amides is 1. The zero-order valence-electron chi connectivity index (χ0n) is 16.2. The second-order valence-corrected chi connectivity index (χ2v) is 7.10. The van der Waals surface area contributed by atoms with Crippen molar-refractivity contribution >= 4 is 11.7 Å². The van der Waals surface area contributed by atoms with Crippen molar-refractivity contribution in [1.29, 1.82) is 0 Å². The minimum atomic E-state index is -4.54. The molecule has 0 aliphatic heterocycles. The number of hydrogen-bond acceptors (Lipinski definition) is 4. The van der Waals surface area contributed by atoms with Gasteiger partial charge in [-0.15, -0.1) is 0 Å². The predicted molar refractivity (Wildman–Crippen MR) is 103 cm³/mol. The van der Waals surface area contributed by atoms with E-state index < -0.39 is 18.7 Å². The molecule has 0 heterocycles. The van der Waals surface area contributed by atoms with Crippen molar-refractivity contribution in [1.82, 2.24) is 5.32 Å². The van der Waals surface area contributed by atoms with E-state index in [1.54, 1.807) is 0 Å². The Hall–Kier alpha value is -3.03. The molecule has 0 saturated heterocycles. The molecule has 8 heteroatoms. The van der Waals surface area contributed by atoms with Crippen molar-refractivity contribution in [2.24, 2.45) is 5.92 Å². The SMILES string of the molecule is O=C(NCC1CCCC1=O)c1cc(OCc2ccccc2)ccc1OCC(F)(F)F. The van der Waals surface area contributed by atoms with Crippen LogP contribution in [0.5, 0.6) is 11.5 Å². The first-order valence-electron chi connectivity index (χ1n) is 9.63. The molecule has 1 fully saturated rings. The first kappa shape index (κ1) is 21.7. The topological polar surface area (TPSA) is 64.6 Å². The van der Waals surface area contributed by atoms with Gasteiger partial charge in [0.1, 0.15) is 23.9 Å². The summed E-state index contributed by atoms with van der Waals surface area (Å²) in [6, 6.07) is 13.4. The Balaban J connectivity index is 1.72. The van der Waals surface area contributed by atoms with Crippen LogP contribution in [0, 0.1) is 5.92 Å². The van der Waals surface area contributed by atoms with E-state index in [1.807, 2.05) is 30.3 Å². The van der Waals surface area contributed by atoms with E-state index in [0.717, 1.165) is 12.0 Å². The van der Waals surface area contributed by atoms with Crippen LogP contribution in [0.15, 0.2) is 48.5 Å². The smallest absolute Gasteiger partial charge is 0.422 e. The molecule has 30 heavy (non-hydrogen) atoms. The fraction of sp³-hybridized carbons (Fsp3) is 0.364. The Morgan fingerprint density at radius 2 is 1.87 bits per heavy atom. The molecule has 1 aliphatic carbocycles. The lowest BCUT2D eigenvalue weighted by Crippen LogP contribution is -2.31. The highest BCUT2D eigenvalue weighted by molar-refractivity contribution is 5.97. The Bertz CT molecular complexity index is 884. The number of alkyl halides is 3. The van der Waals surface area contributed by atoms with E-state index in [1.165, 1.54) is 18.2 Å². The monoisotopic (exact) mass is 421 g/mol. The van der Waals surface area contributed by atoms with Gasteiger partial charge in [-0.05, 0) is 36.6 Å². The summed E-state index contributed by atoms with van der Waals surface area (Å²) in [6.07, 6.45) is -2.57. The van der Waals surface area contributed by atoms with Crippen LogP contribution in [0.25, 0.3) is 0 Å². The Morgan fingerprint density at radius 3 is 2.53 bits per heavy atom. The quantitative estimate of drug-likeness (QED) is 0.690. The third-order valence-electron chi connectivity index (χ3n) is 4.78. The second-order valence-electron chi connectivity index (χ2n) is 7.10. The van der Waals surface area contributed by atoms with E-state index in [4.69, 9.17) is 9.47 Å². The highest BCUT2D eigenvalue weighted by atomic mass is 19.4. The van der Waals surface area contributed by atoms with Crippen LogP contribution < -0.4 is 14.8 Å². The third-order valence-corrected chi connectivity index (χ3v) is 4.78. The van der Waals surface area contributed by atoms with E-state index in [2.05, 4.69) is 5.32 Å². The minimum Gasteiger partial charge on any atom is -0.489 e. The number of benzene rings is 2. The second kappa shape index (κ2) is 9.65. The van der Waals surface area contributed by atoms with Crippen LogP contribution in [-0.4, -0.2) is 31.0 Å². The van der Waals surface area contributed by atoms with Gasteiger partial charge in [0.25, 0.3) is 5.91 Å². The highest BCUT2D eigenvalue weighted by Crippen LogP contribution is 2.27. The lowest BCUT2D eigenvalue weighted by molar-refractivity contribution is -0.153. The molecular weight excluding hydrogens is 399 g/mol. The minimum absolute atomic E-state index is 0.0738. The summed E-state index contributed by atoms with van der Waals surface area (Å²) in [4.78, 5) is 24.4.